The summed E-state index contributed by atoms with van der Waals surface area (Å²) in [6.45, 7) is 2.79. The van der Waals surface area contributed by atoms with Crippen molar-refractivity contribution in [3.8, 4) is 0 Å². The molecule has 0 aliphatic carbocycles. The maximum atomic E-state index is 12.6. The summed E-state index contributed by atoms with van der Waals surface area (Å²) in [7, 11) is -2.15. The van der Waals surface area contributed by atoms with Crippen LogP contribution in [-0.2, 0) is 19.5 Å². The molecule has 0 atom stereocenters. The molecule has 3 heterocycles. The molecule has 0 aromatic carbocycles. The predicted octanol–water partition coefficient (Wildman–Crippen LogP) is 0.745. The number of sulfonamides is 1. The van der Waals surface area contributed by atoms with Crippen LogP contribution in [0.3, 0.4) is 0 Å². The van der Waals surface area contributed by atoms with Crippen LogP contribution in [0.1, 0.15) is 12.8 Å². The summed E-state index contributed by atoms with van der Waals surface area (Å²) in [6.07, 6.45) is 2.64. The number of rotatable bonds is 4. The number of likely N-dealkylation sites (tertiary alicyclic amines) is 1. The van der Waals surface area contributed by atoms with Crippen LogP contribution >= 0.6 is 0 Å². The van der Waals surface area contributed by atoms with E-state index in [-0.39, 0.29) is 17.0 Å². The number of ether oxygens (including phenoxy) is 2. The number of piperidine rings is 1. The zero-order valence-corrected chi connectivity index (χ0v) is 15.6. The zero-order valence-electron chi connectivity index (χ0n) is 14.8. The van der Waals surface area contributed by atoms with Gasteiger partial charge in [0.05, 0.1) is 20.3 Å². The summed E-state index contributed by atoms with van der Waals surface area (Å²) in [5.74, 6) is 0.627. The van der Waals surface area contributed by atoms with Crippen LogP contribution in [0, 0.1) is 0 Å². The lowest BCUT2D eigenvalue weighted by Gasteiger charge is -2.31. The number of carbonyl (C=O) groups is 1. The summed E-state index contributed by atoms with van der Waals surface area (Å²) in [4.78, 5) is 17.6. The fourth-order valence-electron chi connectivity index (χ4n) is 3.10. The Morgan fingerprint density at radius 1 is 1.23 bits per heavy atom. The van der Waals surface area contributed by atoms with Gasteiger partial charge in [-0.2, -0.15) is 4.31 Å². The van der Waals surface area contributed by atoms with Crippen molar-refractivity contribution in [2.45, 2.75) is 23.8 Å². The maximum Gasteiger partial charge on any atom is 0.409 e. The van der Waals surface area contributed by atoms with Crippen LogP contribution in [0.2, 0.25) is 0 Å². The number of nitrogens with zero attached hydrogens (tertiary/aromatic N) is 3. The van der Waals surface area contributed by atoms with Crippen LogP contribution in [0.5, 0.6) is 0 Å². The Hall–Kier alpha value is -1.91. The largest absolute Gasteiger partial charge is 0.453 e. The molecule has 0 saturated carbocycles. The fourth-order valence-corrected chi connectivity index (χ4v) is 4.45. The molecule has 0 bridgehead atoms. The molecule has 2 aliphatic heterocycles. The van der Waals surface area contributed by atoms with E-state index in [9.17, 15) is 13.2 Å². The Kier molecular flexibility index (Phi) is 5.94. The second-order valence-corrected chi connectivity index (χ2v) is 8.21. The van der Waals surface area contributed by atoms with Crippen molar-refractivity contribution in [3.05, 3.63) is 18.3 Å². The predicted molar refractivity (Wildman–Crippen MR) is 94.4 cm³/mol. The third-order valence-electron chi connectivity index (χ3n) is 4.62. The van der Waals surface area contributed by atoms with E-state index in [2.05, 4.69) is 10.3 Å². The van der Waals surface area contributed by atoms with Crippen LogP contribution in [0.25, 0.3) is 0 Å². The average molecular weight is 384 g/mol. The number of nitrogens with one attached hydrogen (secondary N) is 1. The van der Waals surface area contributed by atoms with Gasteiger partial charge in [-0.05, 0) is 25.0 Å². The minimum atomic E-state index is -3.53. The quantitative estimate of drug-likeness (QED) is 0.817. The minimum Gasteiger partial charge on any atom is -0.453 e. The van der Waals surface area contributed by atoms with Gasteiger partial charge < -0.3 is 19.7 Å². The highest BCUT2D eigenvalue weighted by Crippen LogP contribution is 2.20. The van der Waals surface area contributed by atoms with Crippen molar-refractivity contribution < 1.29 is 22.7 Å². The van der Waals surface area contributed by atoms with Gasteiger partial charge in [0.25, 0.3) is 0 Å². The van der Waals surface area contributed by atoms with Gasteiger partial charge in [0, 0.05) is 38.4 Å². The van der Waals surface area contributed by atoms with E-state index in [4.69, 9.17) is 9.47 Å². The van der Waals surface area contributed by atoms with Crippen LogP contribution in [-0.4, -0.2) is 81.2 Å². The molecule has 1 aromatic rings. The van der Waals surface area contributed by atoms with E-state index in [1.165, 1.54) is 17.6 Å². The summed E-state index contributed by atoms with van der Waals surface area (Å²) in [6, 6.07) is 3.44. The first-order valence-corrected chi connectivity index (χ1v) is 10.1. The highest BCUT2D eigenvalue weighted by Gasteiger charge is 2.27. The van der Waals surface area contributed by atoms with Crippen LogP contribution < -0.4 is 5.32 Å². The van der Waals surface area contributed by atoms with Gasteiger partial charge in [-0.25, -0.2) is 18.2 Å². The molecule has 0 radical (unpaired) electrons. The van der Waals surface area contributed by atoms with Gasteiger partial charge in [-0.1, -0.05) is 0 Å². The smallest absolute Gasteiger partial charge is 0.409 e. The van der Waals surface area contributed by atoms with Gasteiger partial charge in [0.2, 0.25) is 10.0 Å². The second-order valence-electron chi connectivity index (χ2n) is 6.27. The van der Waals surface area contributed by atoms with Gasteiger partial charge in [0.15, 0.2) is 0 Å². The van der Waals surface area contributed by atoms with E-state index in [1.54, 1.807) is 17.0 Å². The average Bonchev–Trinajstić information content (AvgIpc) is 2.69. The normalized spacial score (nSPS) is 20.0. The molecule has 2 aliphatic rings. The number of hydrogen-bond acceptors (Lipinski definition) is 7. The van der Waals surface area contributed by atoms with E-state index in [0.717, 1.165) is 12.8 Å². The zero-order chi connectivity index (χ0) is 18.6. The van der Waals surface area contributed by atoms with Gasteiger partial charge >= 0.3 is 6.09 Å². The third-order valence-corrected chi connectivity index (χ3v) is 6.51. The Morgan fingerprint density at radius 3 is 2.50 bits per heavy atom. The molecule has 2 fully saturated rings. The fraction of sp³-hybridized carbons (Fsp3) is 0.625. The lowest BCUT2D eigenvalue weighted by Crippen LogP contribution is -2.42. The third kappa shape index (κ3) is 4.25. The van der Waals surface area contributed by atoms with E-state index < -0.39 is 10.0 Å². The molecule has 10 heteroatoms. The monoisotopic (exact) mass is 384 g/mol. The number of pyridine rings is 1. The molecule has 2 saturated heterocycles. The summed E-state index contributed by atoms with van der Waals surface area (Å²) >= 11 is 0. The molecule has 3 rings (SSSR count). The van der Waals surface area contributed by atoms with Crippen molar-refractivity contribution in [2.24, 2.45) is 0 Å². The van der Waals surface area contributed by atoms with Crippen molar-refractivity contribution in [1.82, 2.24) is 14.2 Å². The van der Waals surface area contributed by atoms with Gasteiger partial charge in [-0.3, -0.25) is 0 Å². The summed E-state index contributed by atoms with van der Waals surface area (Å²) in [5, 5.41) is 3.30. The number of hydrogen-bond donors (Lipinski definition) is 1. The first-order valence-electron chi connectivity index (χ1n) is 8.64. The first kappa shape index (κ1) is 18.9. The van der Waals surface area contributed by atoms with Crippen molar-refractivity contribution >= 4 is 21.9 Å². The Balaban J connectivity index is 1.57. The molecule has 1 aromatic heterocycles. The molecular weight excluding hydrogens is 360 g/mol. The molecular formula is C16H24N4O5S. The maximum absolute atomic E-state index is 12.6. The SMILES string of the molecule is COC(=O)N1CCC(Nc2ccc(S(=O)(=O)N3CCOCC3)cn2)CC1. The topological polar surface area (TPSA) is 101 Å². The van der Waals surface area contributed by atoms with E-state index in [1.807, 2.05) is 0 Å². The summed E-state index contributed by atoms with van der Waals surface area (Å²) in [5.41, 5.74) is 0. The number of anilines is 1. The Labute approximate surface area is 153 Å². The van der Waals surface area contributed by atoms with Crippen LogP contribution in [0.15, 0.2) is 23.2 Å². The highest BCUT2D eigenvalue weighted by atomic mass is 32.2. The second kappa shape index (κ2) is 8.19. The number of amides is 1. The number of methoxy groups -OCH3 is 1. The Morgan fingerprint density at radius 2 is 1.92 bits per heavy atom. The molecule has 9 nitrogen and oxygen atoms in total. The summed E-state index contributed by atoms with van der Waals surface area (Å²) < 4.78 is 36.5. The molecule has 26 heavy (non-hydrogen) atoms. The molecule has 144 valence electrons. The molecule has 0 unspecified atom stereocenters. The van der Waals surface area contributed by atoms with Crippen LogP contribution in [0.4, 0.5) is 10.6 Å². The highest BCUT2D eigenvalue weighted by molar-refractivity contribution is 7.89. The molecule has 0 spiro atoms. The first-order chi connectivity index (χ1) is 12.5. The van der Waals surface area contributed by atoms with Gasteiger partial charge in [0.1, 0.15) is 10.7 Å². The minimum absolute atomic E-state index is 0.185. The van der Waals surface area contributed by atoms with Gasteiger partial charge in [-0.15, -0.1) is 0 Å². The van der Waals surface area contributed by atoms with Crippen molar-refractivity contribution in [3.63, 3.8) is 0 Å². The van der Waals surface area contributed by atoms with E-state index in [0.29, 0.717) is 45.2 Å². The Bertz CT molecular complexity index is 711. The van der Waals surface area contributed by atoms with Crippen molar-refractivity contribution in [1.29, 1.82) is 0 Å². The number of carbonyl (C=O) groups excluding carboxylic acids is 1. The number of aromatic nitrogens is 1. The van der Waals surface area contributed by atoms with E-state index >= 15 is 0 Å². The lowest BCUT2D eigenvalue weighted by atomic mass is 10.1. The number of morpholine rings is 1. The van der Waals surface area contributed by atoms with Crippen molar-refractivity contribution in [2.75, 3.05) is 51.8 Å². The molecule has 1 N–H and O–H groups in total. The molecule has 1 amide bonds. The standard InChI is InChI=1S/C16H24N4O5S/c1-24-16(21)19-6-4-13(5-7-19)18-15-3-2-14(12-17-15)26(22,23)20-8-10-25-11-9-20/h2-3,12-13H,4-11H2,1H3,(H,17,18). The lowest BCUT2D eigenvalue weighted by molar-refractivity contribution is 0.0730.